The lowest BCUT2D eigenvalue weighted by atomic mass is 10.5. The highest BCUT2D eigenvalue weighted by Crippen LogP contribution is 2.09. The highest BCUT2D eigenvalue weighted by atomic mass is 16.5. The molecule has 0 aliphatic heterocycles. The van der Waals surface area contributed by atoms with Crippen molar-refractivity contribution in [1.82, 2.24) is 20.1 Å². The van der Waals surface area contributed by atoms with Crippen LogP contribution in [0.25, 0.3) is 0 Å². The van der Waals surface area contributed by atoms with Crippen LogP contribution in [0, 0.1) is 13.8 Å². The number of nitrogens with zero attached hydrogens (tertiary/aromatic N) is 4. The number of aryl methyl sites for hydroxylation is 2. The molecule has 0 aliphatic carbocycles. The first kappa shape index (κ1) is 10.3. The average molecular weight is 220 g/mol. The number of anilines is 2. The quantitative estimate of drug-likeness (QED) is 0.783. The van der Waals surface area contributed by atoms with Gasteiger partial charge in [0, 0.05) is 6.07 Å². The molecule has 2 aromatic rings. The maximum Gasteiger partial charge on any atom is 0.245 e. The zero-order valence-corrected chi connectivity index (χ0v) is 9.06. The van der Waals surface area contributed by atoms with Crippen LogP contribution in [0.1, 0.15) is 17.5 Å². The maximum absolute atomic E-state index is 5.59. The monoisotopic (exact) mass is 220 g/mol. The summed E-state index contributed by atoms with van der Waals surface area (Å²) < 4.78 is 4.95. The van der Waals surface area contributed by atoms with Gasteiger partial charge < -0.3 is 15.6 Å². The van der Waals surface area contributed by atoms with Crippen LogP contribution in [0.4, 0.5) is 11.6 Å². The lowest BCUT2D eigenvalue weighted by Gasteiger charge is -2.03. The largest absolute Gasteiger partial charge is 0.384 e. The summed E-state index contributed by atoms with van der Waals surface area (Å²) in [6.45, 7) is 3.95. The van der Waals surface area contributed by atoms with Gasteiger partial charge in [0.15, 0.2) is 5.82 Å². The van der Waals surface area contributed by atoms with Crippen molar-refractivity contribution in [3.05, 3.63) is 23.6 Å². The summed E-state index contributed by atoms with van der Waals surface area (Å²) in [4.78, 5) is 12.2. The number of rotatable bonds is 3. The van der Waals surface area contributed by atoms with Gasteiger partial charge in [-0.05, 0) is 13.8 Å². The molecule has 16 heavy (non-hydrogen) atoms. The lowest BCUT2D eigenvalue weighted by molar-refractivity contribution is 0.379. The van der Waals surface area contributed by atoms with E-state index in [1.807, 2.05) is 0 Å². The average Bonchev–Trinajstić information content (AvgIpc) is 2.60. The minimum absolute atomic E-state index is 0.413. The molecule has 0 aliphatic rings. The smallest absolute Gasteiger partial charge is 0.245 e. The summed E-state index contributed by atoms with van der Waals surface area (Å²) >= 11 is 0. The zero-order valence-electron chi connectivity index (χ0n) is 9.06. The third-order valence-electron chi connectivity index (χ3n) is 1.85. The van der Waals surface area contributed by atoms with Crippen molar-refractivity contribution in [3.8, 4) is 0 Å². The number of nitrogens with one attached hydrogen (secondary N) is 1. The van der Waals surface area contributed by atoms with Gasteiger partial charge in [-0.3, -0.25) is 0 Å². The molecular formula is C9H12N6O. The van der Waals surface area contributed by atoms with Crippen LogP contribution in [0.2, 0.25) is 0 Å². The van der Waals surface area contributed by atoms with E-state index in [1.54, 1.807) is 19.9 Å². The van der Waals surface area contributed by atoms with E-state index < -0.39 is 0 Å². The molecular weight excluding hydrogens is 208 g/mol. The van der Waals surface area contributed by atoms with Crippen LogP contribution >= 0.6 is 0 Å². The molecule has 0 saturated carbocycles. The van der Waals surface area contributed by atoms with Gasteiger partial charge in [-0.2, -0.15) is 4.98 Å². The number of nitrogen functional groups attached to an aromatic ring is 1. The van der Waals surface area contributed by atoms with Crippen LogP contribution in [0.15, 0.2) is 10.6 Å². The van der Waals surface area contributed by atoms with Crippen molar-refractivity contribution in [2.75, 3.05) is 11.1 Å². The predicted octanol–water partition coefficient (Wildman–Crippen LogP) is 0.671. The first-order valence-corrected chi connectivity index (χ1v) is 4.78. The Balaban J connectivity index is 2.04. The molecule has 0 aromatic carbocycles. The molecule has 0 unspecified atom stereocenters. The van der Waals surface area contributed by atoms with Crippen molar-refractivity contribution in [2.45, 2.75) is 20.4 Å². The molecule has 84 valence electrons. The second-order valence-electron chi connectivity index (χ2n) is 3.31. The molecule has 2 aromatic heterocycles. The molecule has 2 heterocycles. The Labute approximate surface area is 92.1 Å². The van der Waals surface area contributed by atoms with E-state index in [4.69, 9.17) is 10.3 Å². The molecule has 0 amide bonds. The highest BCUT2D eigenvalue weighted by molar-refractivity contribution is 5.44. The molecule has 0 saturated heterocycles. The molecule has 0 fully saturated rings. The first-order valence-electron chi connectivity index (χ1n) is 4.78. The van der Waals surface area contributed by atoms with Crippen molar-refractivity contribution in [3.63, 3.8) is 0 Å². The summed E-state index contributed by atoms with van der Waals surface area (Å²) in [6, 6.07) is 1.65. The van der Waals surface area contributed by atoms with Crippen LogP contribution in [0.5, 0.6) is 0 Å². The fraction of sp³-hybridized carbons (Fsp3) is 0.333. The number of aromatic nitrogens is 4. The van der Waals surface area contributed by atoms with Crippen molar-refractivity contribution in [1.29, 1.82) is 0 Å². The normalized spacial score (nSPS) is 10.4. The van der Waals surface area contributed by atoms with Gasteiger partial charge in [0.25, 0.3) is 0 Å². The molecule has 7 heteroatoms. The van der Waals surface area contributed by atoms with Crippen LogP contribution in [-0.2, 0) is 6.54 Å². The van der Waals surface area contributed by atoms with E-state index in [0.29, 0.717) is 35.7 Å². The van der Waals surface area contributed by atoms with E-state index in [-0.39, 0.29) is 0 Å². The van der Waals surface area contributed by atoms with Gasteiger partial charge in [-0.25, -0.2) is 9.97 Å². The predicted molar refractivity (Wildman–Crippen MR) is 57.5 cm³/mol. The minimum Gasteiger partial charge on any atom is -0.384 e. The third kappa shape index (κ3) is 2.44. The van der Waals surface area contributed by atoms with E-state index >= 15 is 0 Å². The van der Waals surface area contributed by atoms with Crippen LogP contribution < -0.4 is 11.1 Å². The van der Waals surface area contributed by atoms with Crippen LogP contribution in [-0.4, -0.2) is 20.1 Å². The molecule has 7 nitrogen and oxygen atoms in total. The second-order valence-corrected chi connectivity index (χ2v) is 3.31. The van der Waals surface area contributed by atoms with Gasteiger partial charge in [0.1, 0.15) is 17.5 Å². The van der Waals surface area contributed by atoms with E-state index in [1.165, 1.54) is 0 Å². The number of nitrogens with two attached hydrogens (primary N) is 1. The standard InChI is InChI=1S/C9H12N6O/c1-5-12-7(10)3-8(13-5)11-4-9-14-6(2)15-16-9/h3H,4H2,1-2H3,(H3,10,11,12,13). The van der Waals surface area contributed by atoms with E-state index in [9.17, 15) is 0 Å². The summed E-state index contributed by atoms with van der Waals surface area (Å²) in [6.07, 6.45) is 0. The van der Waals surface area contributed by atoms with Gasteiger partial charge in [-0.15, -0.1) is 0 Å². The zero-order chi connectivity index (χ0) is 11.5. The molecule has 3 N–H and O–H groups in total. The minimum atomic E-state index is 0.413. The van der Waals surface area contributed by atoms with Gasteiger partial charge >= 0.3 is 0 Å². The number of hydrogen-bond donors (Lipinski definition) is 2. The van der Waals surface area contributed by atoms with Gasteiger partial charge in [0.2, 0.25) is 5.89 Å². The lowest BCUT2D eigenvalue weighted by Crippen LogP contribution is -2.05. The molecule has 0 spiro atoms. The third-order valence-corrected chi connectivity index (χ3v) is 1.85. The summed E-state index contributed by atoms with van der Waals surface area (Å²) in [5.74, 6) is 2.80. The van der Waals surface area contributed by atoms with Crippen molar-refractivity contribution in [2.24, 2.45) is 0 Å². The Bertz CT molecular complexity index is 474. The Hall–Kier alpha value is -2.18. The maximum atomic E-state index is 5.59. The molecule has 2 rings (SSSR count). The highest BCUT2D eigenvalue weighted by Gasteiger charge is 2.03. The Morgan fingerprint density at radius 3 is 2.69 bits per heavy atom. The fourth-order valence-electron chi connectivity index (χ4n) is 1.26. The summed E-state index contributed by atoms with van der Waals surface area (Å²) in [7, 11) is 0. The SMILES string of the molecule is Cc1nc(N)cc(NCc2nc(C)no2)n1. The molecule has 0 bridgehead atoms. The van der Waals surface area contributed by atoms with Gasteiger partial charge in [0.05, 0.1) is 6.54 Å². The Morgan fingerprint density at radius 2 is 2.06 bits per heavy atom. The van der Waals surface area contributed by atoms with Crippen molar-refractivity contribution >= 4 is 11.6 Å². The topological polar surface area (TPSA) is 103 Å². The van der Waals surface area contributed by atoms with E-state index in [2.05, 4.69) is 25.4 Å². The summed E-state index contributed by atoms with van der Waals surface area (Å²) in [5.41, 5.74) is 5.59. The van der Waals surface area contributed by atoms with Crippen molar-refractivity contribution < 1.29 is 4.52 Å². The number of hydrogen-bond acceptors (Lipinski definition) is 7. The second kappa shape index (κ2) is 4.13. The first-order chi connectivity index (χ1) is 7.63. The molecule has 0 atom stereocenters. The fourth-order valence-corrected chi connectivity index (χ4v) is 1.26. The molecule has 0 radical (unpaired) electrons. The van der Waals surface area contributed by atoms with Gasteiger partial charge in [-0.1, -0.05) is 5.16 Å². The Kier molecular flexibility index (Phi) is 2.67. The Morgan fingerprint density at radius 1 is 1.25 bits per heavy atom. The summed E-state index contributed by atoms with van der Waals surface area (Å²) in [5, 5.41) is 6.71. The van der Waals surface area contributed by atoms with Crippen LogP contribution in [0.3, 0.4) is 0 Å². The van der Waals surface area contributed by atoms with E-state index in [0.717, 1.165) is 0 Å².